The Bertz CT molecular complexity index is 649. The van der Waals surface area contributed by atoms with Gasteiger partial charge in [-0.15, -0.1) is 0 Å². The van der Waals surface area contributed by atoms with Gasteiger partial charge in [0, 0.05) is 16.2 Å². The molecule has 1 amide bonds. The van der Waals surface area contributed by atoms with Crippen molar-refractivity contribution in [2.75, 3.05) is 26.3 Å². The first kappa shape index (κ1) is 23.3. The Balaban J connectivity index is 2.73. The van der Waals surface area contributed by atoms with Gasteiger partial charge in [0.1, 0.15) is 18.0 Å². The fraction of sp³-hybridized carbons (Fsp3) is 0.500. The Morgan fingerprint density at radius 2 is 1.81 bits per heavy atom. The van der Waals surface area contributed by atoms with Crippen molar-refractivity contribution < 1.29 is 23.8 Å². The molecular formula is C20H28INO5. The third-order valence-corrected chi connectivity index (χ3v) is 3.91. The van der Waals surface area contributed by atoms with E-state index in [1.165, 1.54) is 11.0 Å². The molecule has 0 atom stereocenters. The van der Waals surface area contributed by atoms with Gasteiger partial charge in [0.25, 0.3) is 0 Å². The van der Waals surface area contributed by atoms with E-state index in [0.717, 1.165) is 9.32 Å². The molecule has 150 valence electrons. The van der Waals surface area contributed by atoms with Crippen LogP contribution in [-0.2, 0) is 14.3 Å². The van der Waals surface area contributed by atoms with Crippen LogP contribution in [0.3, 0.4) is 0 Å². The quantitative estimate of drug-likeness (QED) is 0.308. The normalized spacial score (nSPS) is 11.7. The molecule has 0 heterocycles. The van der Waals surface area contributed by atoms with E-state index in [4.69, 9.17) is 14.2 Å². The van der Waals surface area contributed by atoms with Crippen molar-refractivity contribution in [2.45, 2.75) is 40.2 Å². The number of hydrogen-bond donors (Lipinski definition) is 0. The lowest BCUT2D eigenvalue weighted by molar-refractivity contribution is -0.137. The Morgan fingerprint density at radius 1 is 1.19 bits per heavy atom. The molecule has 1 aromatic carbocycles. The van der Waals surface area contributed by atoms with Crippen molar-refractivity contribution >= 4 is 34.7 Å². The fourth-order valence-corrected chi connectivity index (χ4v) is 2.46. The molecule has 27 heavy (non-hydrogen) atoms. The Labute approximate surface area is 175 Å². The van der Waals surface area contributed by atoms with Gasteiger partial charge in [0.15, 0.2) is 0 Å². The van der Waals surface area contributed by atoms with Gasteiger partial charge < -0.3 is 19.1 Å². The van der Waals surface area contributed by atoms with Gasteiger partial charge in [0.2, 0.25) is 0 Å². The Kier molecular flexibility index (Phi) is 9.62. The van der Waals surface area contributed by atoms with Gasteiger partial charge in [-0.3, -0.25) is 0 Å². The number of carbonyl (C=O) groups is 2. The van der Waals surface area contributed by atoms with Crippen molar-refractivity contribution in [1.29, 1.82) is 0 Å². The van der Waals surface area contributed by atoms with Crippen LogP contribution in [0.25, 0.3) is 0 Å². The lowest BCUT2D eigenvalue weighted by Crippen LogP contribution is -2.40. The standard InChI is InChI=1S/C20H28INO5/c1-6-25-18(23)13-15(2)14-22(19(24)27-20(3,4)5)11-12-26-17-9-7-16(21)8-10-17/h7-10,13H,6,11-12,14H2,1-5H3/b15-13+. The van der Waals surface area contributed by atoms with Gasteiger partial charge in [-0.2, -0.15) is 0 Å². The zero-order valence-corrected chi connectivity index (χ0v) is 18.7. The van der Waals surface area contributed by atoms with Crippen LogP contribution >= 0.6 is 22.6 Å². The summed E-state index contributed by atoms with van der Waals surface area (Å²) in [5.41, 5.74) is 0.0963. The molecule has 0 unspecified atom stereocenters. The largest absolute Gasteiger partial charge is 0.492 e. The zero-order valence-electron chi connectivity index (χ0n) is 16.6. The number of nitrogens with zero attached hydrogens (tertiary/aromatic N) is 1. The van der Waals surface area contributed by atoms with Gasteiger partial charge in [-0.05, 0) is 87.0 Å². The van der Waals surface area contributed by atoms with Crippen molar-refractivity contribution in [3.63, 3.8) is 0 Å². The van der Waals surface area contributed by atoms with E-state index in [-0.39, 0.29) is 6.54 Å². The highest BCUT2D eigenvalue weighted by Gasteiger charge is 2.22. The van der Waals surface area contributed by atoms with E-state index < -0.39 is 17.7 Å². The Hall–Kier alpha value is -1.77. The second-order valence-corrected chi connectivity index (χ2v) is 8.19. The summed E-state index contributed by atoms with van der Waals surface area (Å²) in [6.07, 6.45) is 0.936. The molecule has 0 aliphatic heterocycles. The molecule has 0 aromatic heterocycles. The van der Waals surface area contributed by atoms with Gasteiger partial charge in [-0.25, -0.2) is 9.59 Å². The van der Waals surface area contributed by atoms with Crippen molar-refractivity contribution in [3.05, 3.63) is 39.5 Å². The predicted octanol–water partition coefficient (Wildman–Crippen LogP) is 4.42. The minimum atomic E-state index is -0.606. The van der Waals surface area contributed by atoms with Gasteiger partial charge >= 0.3 is 12.1 Å². The van der Waals surface area contributed by atoms with Crippen LogP contribution in [-0.4, -0.2) is 48.9 Å². The van der Waals surface area contributed by atoms with E-state index >= 15 is 0 Å². The summed E-state index contributed by atoms with van der Waals surface area (Å²) in [6.45, 7) is 10.2. The van der Waals surface area contributed by atoms with E-state index in [2.05, 4.69) is 22.6 Å². The minimum Gasteiger partial charge on any atom is -0.492 e. The number of esters is 1. The molecule has 0 spiro atoms. The van der Waals surface area contributed by atoms with Crippen LogP contribution in [0.15, 0.2) is 35.9 Å². The molecule has 7 heteroatoms. The highest BCUT2D eigenvalue weighted by atomic mass is 127. The Morgan fingerprint density at radius 3 is 2.37 bits per heavy atom. The summed E-state index contributed by atoms with van der Waals surface area (Å²) < 4.78 is 17.2. The molecule has 0 fully saturated rings. The van der Waals surface area contributed by atoms with Crippen LogP contribution in [0.5, 0.6) is 5.75 Å². The average Bonchev–Trinajstić information content (AvgIpc) is 2.54. The highest BCUT2D eigenvalue weighted by Crippen LogP contribution is 2.14. The minimum absolute atomic E-state index is 0.254. The fourth-order valence-electron chi connectivity index (χ4n) is 2.10. The number of rotatable bonds is 8. The molecule has 1 rings (SSSR count). The second-order valence-electron chi connectivity index (χ2n) is 6.95. The third-order valence-electron chi connectivity index (χ3n) is 3.19. The molecular weight excluding hydrogens is 461 g/mol. The number of amides is 1. The van der Waals surface area contributed by atoms with Crippen LogP contribution < -0.4 is 4.74 Å². The van der Waals surface area contributed by atoms with E-state index in [1.54, 1.807) is 13.8 Å². The number of hydrogen-bond acceptors (Lipinski definition) is 5. The molecule has 6 nitrogen and oxygen atoms in total. The molecule has 0 saturated heterocycles. The zero-order chi connectivity index (χ0) is 20.4. The lowest BCUT2D eigenvalue weighted by Gasteiger charge is -2.27. The van der Waals surface area contributed by atoms with Crippen molar-refractivity contribution in [3.8, 4) is 5.75 Å². The molecule has 0 aliphatic rings. The van der Waals surface area contributed by atoms with E-state index in [1.807, 2.05) is 45.0 Å². The van der Waals surface area contributed by atoms with Crippen LogP contribution in [0.2, 0.25) is 0 Å². The number of carbonyl (C=O) groups excluding carboxylic acids is 2. The first-order valence-corrected chi connectivity index (χ1v) is 9.89. The van der Waals surface area contributed by atoms with Crippen molar-refractivity contribution in [1.82, 2.24) is 4.90 Å². The second kappa shape index (κ2) is 11.2. The smallest absolute Gasteiger partial charge is 0.410 e. The summed E-state index contributed by atoms with van der Waals surface area (Å²) in [5, 5.41) is 0. The first-order valence-electron chi connectivity index (χ1n) is 8.81. The average molecular weight is 489 g/mol. The molecule has 1 aromatic rings. The summed E-state index contributed by atoms with van der Waals surface area (Å²) in [4.78, 5) is 25.6. The lowest BCUT2D eigenvalue weighted by atomic mass is 10.2. The van der Waals surface area contributed by atoms with Gasteiger partial charge in [-0.1, -0.05) is 0 Å². The maximum atomic E-state index is 12.5. The summed E-state index contributed by atoms with van der Waals surface area (Å²) in [5.74, 6) is 0.313. The summed E-state index contributed by atoms with van der Waals surface area (Å²) >= 11 is 2.23. The summed E-state index contributed by atoms with van der Waals surface area (Å²) in [7, 11) is 0. The summed E-state index contributed by atoms with van der Waals surface area (Å²) in [6, 6.07) is 7.67. The maximum absolute atomic E-state index is 12.5. The molecule has 0 aliphatic carbocycles. The highest BCUT2D eigenvalue weighted by molar-refractivity contribution is 14.1. The van der Waals surface area contributed by atoms with Crippen molar-refractivity contribution in [2.24, 2.45) is 0 Å². The number of ether oxygens (including phenoxy) is 3. The van der Waals surface area contributed by atoms with E-state index in [0.29, 0.717) is 25.3 Å². The first-order chi connectivity index (χ1) is 12.6. The topological polar surface area (TPSA) is 65.1 Å². The molecule has 0 radical (unpaired) electrons. The number of halogens is 1. The molecule has 0 saturated carbocycles. The van der Waals surface area contributed by atoms with Crippen LogP contribution in [0.4, 0.5) is 4.79 Å². The van der Waals surface area contributed by atoms with Crippen LogP contribution in [0, 0.1) is 3.57 Å². The molecule has 0 N–H and O–H groups in total. The number of benzene rings is 1. The predicted molar refractivity (Wildman–Crippen MR) is 113 cm³/mol. The SMILES string of the molecule is CCOC(=O)/C=C(\C)CN(CCOc1ccc(I)cc1)C(=O)OC(C)(C)C. The third kappa shape index (κ3) is 10.2. The van der Waals surface area contributed by atoms with Gasteiger partial charge in [0.05, 0.1) is 13.2 Å². The molecule has 0 bridgehead atoms. The monoisotopic (exact) mass is 489 g/mol. The maximum Gasteiger partial charge on any atom is 0.410 e. The van der Waals surface area contributed by atoms with Crippen LogP contribution in [0.1, 0.15) is 34.6 Å². The van der Waals surface area contributed by atoms with E-state index in [9.17, 15) is 9.59 Å².